The maximum atomic E-state index is 5.21. The molecule has 1 rings (SSSR count). The van der Waals surface area contributed by atoms with Gasteiger partial charge in [0, 0.05) is 6.54 Å². The lowest BCUT2D eigenvalue weighted by Crippen LogP contribution is -2.23. The molecule has 0 aliphatic rings. The number of methoxy groups -OCH3 is 1. The summed E-state index contributed by atoms with van der Waals surface area (Å²) in [6.07, 6.45) is 0.835. The van der Waals surface area contributed by atoms with Gasteiger partial charge in [0.15, 0.2) is 5.96 Å². The van der Waals surface area contributed by atoms with Crippen LogP contribution in [0.1, 0.15) is 5.56 Å². The summed E-state index contributed by atoms with van der Waals surface area (Å²) in [4.78, 5) is 3.90. The van der Waals surface area contributed by atoms with Gasteiger partial charge in [-0.05, 0) is 24.1 Å². The highest BCUT2D eigenvalue weighted by atomic mass is 16.5. The van der Waals surface area contributed by atoms with Crippen LogP contribution in [0.4, 0.5) is 0 Å². The van der Waals surface area contributed by atoms with E-state index in [1.165, 1.54) is 5.56 Å². The maximum Gasteiger partial charge on any atom is 0.185 e. The third-order valence-electron chi connectivity index (χ3n) is 1.85. The van der Waals surface area contributed by atoms with Crippen LogP contribution in [0.3, 0.4) is 0 Å². The summed E-state index contributed by atoms with van der Waals surface area (Å²) < 4.78 is 5.04. The predicted molar refractivity (Wildman–Crippen MR) is 57.4 cm³/mol. The van der Waals surface area contributed by atoms with Crippen molar-refractivity contribution in [1.82, 2.24) is 0 Å². The van der Waals surface area contributed by atoms with E-state index in [0.717, 1.165) is 12.2 Å². The van der Waals surface area contributed by atoms with Crippen LogP contribution in [0.2, 0.25) is 0 Å². The lowest BCUT2D eigenvalue weighted by molar-refractivity contribution is 0.414. The van der Waals surface area contributed by atoms with E-state index in [4.69, 9.17) is 16.2 Å². The number of aliphatic imine (C=N–C) groups is 1. The second kappa shape index (κ2) is 5.11. The molecule has 1 aromatic rings. The van der Waals surface area contributed by atoms with Gasteiger partial charge in [-0.2, -0.15) is 0 Å². The molecule has 0 atom stereocenters. The highest BCUT2D eigenvalue weighted by Crippen LogP contribution is 2.11. The average molecular weight is 191 g/mol. The monoisotopic (exact) mass is 191 g/mol. The van der Waals surface area contributed by atoms with Crippen molar-refractivity contribution in [3.8, 4) is 5.75 Å². The maximum absolute atomic E-state index is 5.21. The summed E-state index contributed by atoms with van der Waals surface area (Å²) in [5.74, 6) is 0.995. The summed E-state index contributed by atoms with van der Waals surface area (Å²) in [5, 5.41) is 0. The molecule has 14 heavy (non-hydrogen) atoms. The molecule has 0 saturated heterocycles. The predicted octanol–water partition coefficient (Wildman–Crippen LogP) is 0.511. The van der Waals surface area contributed by atoms with Gasteiger partial charge in [0.1, 0.15) is 5.75 Å². The van der Waals surface area contributed by atoms with Crippen molar-refractivity contribution < 1.29 is 4.74 Å². The van der Waals surface area contributed by atoms with Crippen LogP contribution in [0.15, 0.2) is 29.3 Å². The van der Waals surface area contributed by atoms with Crippen molar-refractivity contribution in [1.29, 1.82) is 0 Å². The standard InChI is InChI=1S/C10H15N3O/c1-14-9-4-2-8(3-5-9)6-7-13-10(11)12/h2-5H,6-7H2,1H3,(H4,11,12,13)/i6-1,7-1. The molecular weight excluding hydrogens is 176 g/mol. The zero-order valence-corrected chi connectivity index (χ0v) is 8.23. The zero-order valence-electron chi connectivity index (χ0n) is 8.23. The average Bonchev–Trinajstić information content (AvgIpc) is 2.18. The minimum atomic E-state index is 0.138. The van der Waals surface area contributed by atoms with Crippen LogP contribution in [0, 0.1) is 0 Å². The molecule has 0 radical (unpaired) electrons. The summed E-state index contributed by atoms with van der Waals surface area (Å²) in [6, 6.07) is 7.85. The van der Waals surface area contributed by atoms with Crippen LogP contribution >= 0.6 is 0 Å². The molecule has 4 N–H and O–H groups in total. The number of nitrogens with zero attached hydrogens (tertiary/aromatic N) is 1. The Balaban J connectivity index is 2.48. The Bertz CT molecular complexity index is 302. The molecule has 0 aliphatic heterocycles. The van der Waals surface area contributed by atoms with E-state index in [1.807, 2.05) is 24.3 Å². The molecule has 4 heteroatoms. The van der Waals surface area contributed by atoms with E-state index < -0.39 is 0 Å². The normalized spacial score (nSPS) is 9.50. The molecule has 0 aliphatic carbocycles. The van der Waals surface area contributed by atoms with Gasteiger partial charge in [-0.1, -0.05) is 12.1 Å². The highest BCUT2D eigenvalue weighted by molar-refractivity contribution is 5.75. The number of hydrogen-bond acceptors (Lipinski definition) is 2. The largest absolute Gasteiger partial charge is 0.497 e. The van der Waals surface area contributed by atoms with Crippen LogP contribution in [0.25, 0.3) is 0 Å². The Kier molecular flexibility index (Phi) is 3.79. The Morgan fingerprint density at radius 2 is 1.93 bits per heavy atom. The van der Waals surface area contributed by atoms with Gasteiger partial charge in [0.25, 0.3) is 0 Å². The quantitative estimate of drug-likeness (QED) is 0.538. The second-order valence-electron chi connectivity index (χ2n) is 2.90. The molecule has 0 heterocycles. The molecule has 0 aromatic heterocycles. The number of nitrogens with two attached hydrogens (primary N) is 2. The van der Waals surface area contributed by atoms with Crippen molar-refractivity contribution in [2.75, 3.05) is 13.7 Å². The van der Waals surface area contributed by atoms with Gasteiger partial charge in [-0.3, -0.25) is 4.99 Å². The Hall–Kier alpha value is -1.71. The third-order valence-corrected chi connectivity index (χ3v) is 1.85. The molecule has 0 fully saturated rings. The van der Waals surface area contributed by atoms with Crippen LogP contribution in [-0.2, 0) is 6.42 Å². The summed E-state index contributed by atoms with van der Waals surface area (Å²) in [7, 11) is 1.65. The molecule has 0 saturated carbocycles. The van der Waals surface area contributed by atoms with Gasteiger partial charge >= 0.3 is 0 Å². The lowest BCUT2D eigenvalue weighted by Gasteiger charge is -2.01. The third kappa shape index (κ3) is 3.35. The van der Waals surface area contributed by atoms with E-state index in [0.29, 0.717) is 6.54 Å². The first kappa shape index (κ1) is 10.4. The highest BCUT2D eigenvalue weighted by Gasteiger charge is 1.93. The molecule has 0 bridgehead atoms. The van der Waals surface area contributed by atoms with Gasteiger partial charge in [-0.25, -0.2) is 0 Å². The van der Waals surface area contributed by atoms with Crippen molar-refractivity contribution >= 4 is 5.96 Å². The van der Waals surface area contributed by atoms with Gasteiger partial charge in [0.2, 0.25) is 0 Å². The molecular formula is C10H15N3O. The molecule has 0 spiro atoms. The molecule has 4 nitrogen and oxygen atoms in total. The summed E-state index contributed by atoms with van der Waals surface area (Å²) in [5.41, 5.74) is 11.6. The van der Waals surface area contributed by atoms with E-state index >= 15 is 0 Å². The van der Waals surface area contributed by atoms with Crippen molar-refractivity contribution in [3.05, 3.63) is 29.8 Å². The first-order valence-electron chi connectivity index (χ1n) is 4.40. The van der Waals surface area contributed by atoms with E-state index in [1.54, 1.807) is 7.11 Å². The summed E-state index contributed by atoms with van der Waals surface area (Å²) >= 11 is 0. The fourth-order valence-corrected chi connectivity index (χ4v) is 1.11. The Morgan fingerprint density at radius 1 is 1.29 bits per heavy atom. The number of ether oxygens (including phenoxy) is 1. The lowest BCUT2D eigenvalue weighted by atomic mass is 9.60. The van der Waals surface area contributed by atoms with Gasteiger partial charge in [0.05, 0.1) is 7.11 Å². The minimum absolute atomic E-state index is 0.138. The number of rotatable bonds is 4. The van der Waals surface area contributed by atoms with Crippen molar-refractivity contribution in [3.63, 3.8) is 0 Å². The summed E-state index contributed by atoms with van der Waals surface area (Å²) in [6.45, 7) is 0.620. The topological polar surface area (TPSA) is 73.6 Å². The second-order valence-corrected chi connectivity index (χ2v) is 2.90. The van der Waals surface area contributed by atoms with Crippen LogP contribution < -0.4 is 16.2 Å². The minimum Gasteiger partial charge on any atom is -0.497 e. The first-order valence-corrected chi connectivity index (χ1v) is 4.40. The molecule has 0 amide bonds. The van der Waals surface area contributed by atoms with Crippen LogP contribution in [0.5, 0.6) is 5.75 Å². The molecule has 1 aromatic carbocycles. The Morgan fingerprint density at radius 3 is 2.43 bits per heavy atom. The molecule has 0 unspecified atom stereocenters. The fourth-order valence-electron chi connectivity index (χ4n) is 1.11. The van der Waals surface area contributed by atoms with E-state index in [9.17, 15) is 0 Å². The smallest absolute Gasteiger partial charge is 0.185 e. The van der Waals surface area contributed by atoms with Crippen LogP contribution in [-0.4, -0.2) is 19.6 Å². The Labute approximate surface area is 83.6 Å². The first-order chi connectivity index (χ1) is 6.72. The number of guanidine groups is 1. The number of hydrogen-bond donors (Lipinski definition) is 2. The SMILES string of the molecule is COc1ccc([11CH2][11CH2]N=C(N)N)cc1. The molecule has 76 valence electrons. The van der Waals surface area contributed by atoms with Gasteiger partial charge in [-0.15, -0.1) is 0 Å². The van der Waals surface area contributed by atoms with E-state index in [-0.39, 0.29) is 5.96 Å². The van der Waals surface area contributed by atoms with Crippen molar-refractivity contribution in [2.24, 2.45) is 16.5 Å². The fraction of sp³-hybridized carbons (Fsp3) is 0.300. The zero-order chi connectivity index (χ0) is 10.4. The van der Waals surface area contributed by atoms with Gasteiger partial charge < -0.3 is 16.2 Å². The van der Waals surface area contributed by atoms with E-state index in [2.05, 4.69) is 4.99 Å². The number of benzene rings is 1. The van der Waals surface area contributed by atoms with Crippen molar-refractivity contribution in [2.45, 2.75) is 6.42 Å².